The molecule has 0 amide bonds. The summed E-state index contributed by atoms with van der Waals surface area (Å²) in [5, 5.41) is 0. The molecule has 0 atom stereocenters. The lowest BCUT2D eigenvalue weighted by Gasteiger charge is -2.28. The van der Waals surface area contributed by atoms with Gasteiger partial charge in [-0.3, -0.25) is 0 Å². The molecule has 0 radical (unpaired) electrons. The van der Waals surface area contributed by atoms with Crippen molar-refractivity contribution in [3.63, 3.8) is 0 Å². The minimum Gasteiger partial charge on any atom is -0.156 e. The van der Waals surface area contributed by atoms with Crippen molar-refractivity contribution in [2.45, 2.75) is 44.8 Å². The predicted molar refractivity (Wildman–Crippen MR) is 49.6 cm³/mol. The largest absolute Gasteiger partial charge is 0.156 e. The zero-order chi connectivity index (χ0) is 7.61. The highest BCUT2D eigenvalue weighted by Gasteiger charge is 2.20. The third-order valence-electron chi connectivity index (χ3n) is 1.98. The Labute approximate surface area is 68.8 Å². The van der Waals surface area contributed by atoms with Gasteiger partial charge in [0, 0.05) is 4.75 Å². The molecular weight excluding hydrogens is 140 g/mol. The third-order valence-corrected chi connectivity index (χ3v) is 3.48. The second-order valence-electron chi connectivity index (χ2n) is 4.22. The van der Waals surface area contributed by atoms with Crippen LogP contribution in [0.1, 0.15) is 40.0 Å². The van der Waals surface area contributed by atoms with Crippen LogP contribution in [0.5, 0.6) is 0 Å². The van der Waals surface area contributed by atoms with E-state index in [1.54, 1.807) is 0 Å². The summed E-state index contributed by atoms with van der Waals surface area (Å²) >= 11 is 2.12. The fourth-order valence-corrected chi connectivity index (χ4v) is 2.10. The lowest BCUT2D eigenvalue weighted by Crippen LogP contribution is -2.18. The Morgan fingerprint density at radius 1 is 1.30 bits per heavy atom. The zero-order valence-corrected chi connectivity index (χ0v) is 8.13. The van der Waals surface area contributed by atoms with Gasteiger partial charge in [-0.15, -0.1) is 0 Å². The third kappa shape index (κ3) is 2.96. The fourth-order valence-electron chi connectivity index (χ4n) is 1.03. The standard InChI is InChI=1S/C9H18S/c1-9(2,3)10-7-8-5-4-6-8/h8H,4-7H2,1-3H3. The van der Waals surface area contributed by atoms with Crippen LogP contribution in [0, 0.1) is 5.92 Å². The van der Waals surface area contributed by atoms with Crippen molar-refractivity contribution < 1.29 is 0 Å². The molecule has 0 heterocycles. The Hall–Kier alpha value is 0.350. The van der Waals surface area contributed by atoms with Crippen LogP contribution in [0.2, 0.25) is 0 Å². The maximum Gasteiger partial charge on any atom is 0.00751 e. The first-order valence-corrected chi connectivity index (χ1v) is 5.20. The van der Waals surface area contributed by atoms with Gasteiger partial charge >= 0.3 is 0 Å². The van der Waals surface area contributed by atoms with E-state index < -0.39 is 0 Å². The van der Waals surface area contributed by atoms with Crippen LogP contribution in [-0.4, -0.2) is 10.5 Å². The number of hydrogen-bond donors (Lipinski definition) is 0. The van der Waals surface area contributed by atoms with Gasteiger partial charge in [-0.25, -0.2) is 0 Å². The molecule has 0 aromatic rings. The van der Waals surface area contributed by atoms with E-state index in [9.17, 15) is 0 Å². The van der Waals surface area contributed by atoms with Crippen LogP contribution in [0.25, 0.3) is 0 Å². The van der Waals surface area contributed by atoms with E-state index in [0.29, 0.717) is 4.75 Å². The van der Waals surface area contributed by atoms with Gasteiger partial charge in [-0.1, -0.05) is 27.2 Å². The molecule has 0 aromatic carbocycles. The van der Waals surface area contributed by atoms with Gasteiger partial charge < -0.3 is 0 Å². The minimum atomic E-state index is 0.482. The van der Waals surface area contributed by atoms with Gasteiger partial charge in [-0.05, 0) is 24.5 Å². The monoisotopic (exact) mass is 158 g/mol. The Morgan fingerprint density at radius 3 is 2.20 bits per heavy atom. The molecule has 0 saturated heterocycles. The maximum absolute atomic E-state index is 2.30. The van der Waals surface area contributed by atoms with Crippen molar-refractivity contribution in [3.05, 3.63) is 0 Å². The molecule has 0 aromatic heterocycles. The van der Waals surface area contributed by atoms with Crippen LogP contribution in [-0.2, 0) is 0 Å². The Balaban J connectivity index is 2.04. The van der Waals surface area contributed by atoms with Crippen molar-refractivity contribution in [2.24, 2.45) is 5.92 Å². The molecule has 1 fully saturated rings. The summed E-state index contributed by atoms with van der Waals surface area (Å²) in [5.41, 5.74) is 0. The SMILES string of the molecule is CC(C)(C)SCC1CCC1. The lowest BCUT2D eigenvalue weighted by molar-refractivity contribution is 0.352. The van der Waals surface area contributed by atoms with E-state index in [1.807, 2.05) is 0 Å². The molecule has 60 valence electrons. The lowest BCUT2D eigenvalue weighted by atomic mass is 9.87. The molecule has 0 N–H and O–H groups in total. The zero-order valence-electron chi connectivity index (χ0n) is 7.31. The Bertz CT molecular complexity index is 97.8. The molecule has 1 rings (SSSR count). The van der Waals surface area contributed by atoms with Crippen LogP contribution >= 0.6 is 11.8 Å². The number of hydrogen-bond acceptors (Lipinski definition) is 1. The van der Waals surface area contributed by atoms with Crippen molar-refractivity contribution >= 4 is 11.8 Å². The van der Waals surface area contributed by atoms with Gasteiger partial charge in [0.1, 0.15) is 0 Å². The average Bonchev–Trinajstić information content (AvgIpc) is 1.56. The van der Waals surface area contributed by atoms with Gasteiger partial charge in [0.2, 0.25) is 0 Å². The average molecular weight is 158 g/mol. The topological polar surface area (TPSA) is 0 Å². The highest BCUT2D eigenvalue weighted by molar-refractivity contribution is 8.00. The molecule has 10 heavy (non-hydrogen) atoms. The second-order valence-corrected chi connectivity index (χ2v) is 6.07. The highest BCUT2D eigenvalue weighted by atomic mass is 32.2. The van der Waals surface area contributed by atoms with Gasteiger partial charge in [0.15, 0.2) is 0 Å². The van der Waals surface area contributed by atoms with Gasteiger partial charge in [0.25, 0.3) is 0 Å². The van der Waals surface area contributed by atoms with Crippen molar-refractivity contribution in [2.75, 3.05) is 5.75 Å². The van der Waals surface area contributed by atoms with Crippen molar-refractivity contribution in [1.82, 2.24) is 0 Å². The molecule has 1 aliphatic rings. The summed E-state index contributed by atoms with van der Waals surface area (Å²) in [6.45, 7) is 6.91. The predicted octanol–water partition coefficient (Wildman–Crippen LogP) is 3.32. The molecule has 0 spiro atoms. The summed E-state index contributed by atoms with van der Waals surface area (Å²) in [6, 6.07) is 0. The van der Waals surface area contributed by atoms with E-state index in [4.69, 9.17) is 0 Å². The highest BCUT2D eigenvalue weighted by Crippen LogP contribution is 2.34. The summed E-state index contributed by atoms with van der Waals surface area (Å²) in [4.78, 5) is 0. The summed E-state index contributed by atoms with van der Waals surface area (Å²) in [7, 11) is 0. The van der Waals surface area contributed by atoms with E-state index in [1.165, 1.54) is 25.0 Å². The summed E-state index contributed by atoms with van der Waals surface area (Å²) in [5.74, 6) is 2.45. The van der Waals surface area contributed by atoms with Crippen LogP contribution in [0.3, 0.4) is 0 Å². The molecular formula is C9H18S. The van der Waals surface area contributed by atoms with E-state index in [-0.39, 0.29) is 0 Å². The van der Waals surface area contributed by atoms with Gasteiger partial charge in [0.05, 0.1) is 0 Å². The molecule has 1 saturated carbocycles. The van der Waals surface area contributed by atoms with E-state index in [0.717, 1.165) is 5.92 Å². The second kappa shape index (κ2) is 3.17. The van der Waals surface area contributed by atoms with E-state index >= 15 is 0 Å². The Morgan fingerprint density at radius 2 is 1.90 bits per heavy atom. The minimum absolute atomic E-state index is 0.482. The molecule has 0 nitrogen and oxygen atoms in total. The maximum atomic E-state index is 2.30. The molecule has 0 bridgehead atoms. The van der Waals surface area contributed by atoms with Crippen molar-refractivity contribution in [1.29, 1.82) is 0 Å². The van der Waals surface area contributed by atoms with Crippen LogP contribution in [0.15, 0.2) is 0 Å². The normalized spacial score (nSPS) is 20.7. The summed E-state index contributed by atoms with van der Waals surface area (Å²) in [6.07, 6.45) is 4.46. The first-order chi connectivity index (χ1) is 4.58. The van der Waals surface area contributed by atoms with Crippen LogP contribution in [0.4, 0.5) is 0 Å². The molecule has 0 unspecified atom stereocenters. The quantitative estimate of drug-likeness (QED) is 0.594. The number of thioether (sulfide) groups is 1. The molecule has 1 heteroatoms. The Kier molecular flexibility index (Phi) is 2.67. The smallest absolute Gasteiger partial charge is 0.00751 e. The molecule has 0 aliphatic heterocycles. The van der Waals surface area contributed by atoms with Crippen LogP contribution < -0.4 is 0 Å². The molecule has 1 aliphatic carbocycles. The van der Waals surface area contributed by atoms with E-state index in [2.05, 4.69) is 32.5 Å². The number of rotatable bonds is 2. The van der Waals surface area contributed by atoms with Gasteiger partial charge in [-0.2, -0.15) is 11.8 Å². The first-order valence-electron chi connectivity index (χ1n) is 4.22. The first kappa shape index (κ1) is 8.45. The fraction of sp³-hybridized carbons (Fsp3) is 1.00. The van der Waals surface area contributed by atoms with Crippen molar-refractivity contribution in [3.8, 4) is 0 Å². The summed E-state index contributed by atoms with van der Waals surface area (Å²) < 4.78 is 0.482.